The van der Waals surface area contributed by atoms with Crippen molar-refractivity contribution < 1.29 is 28.6 Å². The summed E-state index contributed by atoms with van der Waals surface area (Å²) in [6, 6.07) is 9.71. The van der Waals surface area contributed by atoms with Crippen molar-refractivity contribution in [3.8, 4) is 17.2 Å². The predicted molar refractivity (Wildman–Crippen MR) is 121 cm³/mol. The van der Waals surface area contributed by atoms with Gasteiger partial charge >= 0.3 is 0 Å². The number of rotatable bonds is 11. The molecule has 0 aliphatic rings. The molecule has 3 amide bonds. The van der Waals surface area contributed by atoms with Crippen LogP contribution in [0, 0.1) is 0 Å². The molecule has 2 aromatic carbocycles. The number of benzene rings is 2. The lowest BCUT2D eigenvalue weighted by atomic mass is 10.1. The first-order valence-electron chi connectivity index (χ1n) is 10.2. The van der Waals surface area contributed by atoms with E-state index in [0.717, 1.165) is 6.42 Å². The van der Waals surface area contributed by atoms with Crippen molar-refractivity contribution in [1.29, 1.82) is 0 Å². The smallest absolute Gasteiger partial charge is 0.251 e. The van der Waals surface area contributed by atoms with E-state index in [9.17, 15) is 14.4 Å². The van der Waals surface area contributed by atoms with E-state index in [2.05, 4.69) is 16.0 Å². The lowest BCUT2D eigenvalue weighted by Crippen LogP contribution is -2.34. The van der Waals surface area contributed by atoms with E-state index in [4.69, 9.17) is 14.2 Å². The minimum atomic E-state index is -0.342. The quantitative estimate of drug-likeness (QED) is 0.460. The molecule has 0 spiro atoms. The van der Waals surface area contributed by atoms with Crippen molar-refractivity contribution >= 4 is 23.4 Å². The highest BCUT2D eigenvalue weighted by atomic mass is 16.5. The predicted octanol–water partition coefficient (Wildman–Crippen LogP) is 2.61. The second-order valence-electron chi connectivity index (χ2n) is 6.80. The Morgan fingerprint density at radius 2 is 1.31 bits per heavy atom. The molecule has 0 saturated heterocycles. The van der Waals surface area contributed by atoms with Crippen molar-refractivity contribution in [3.63, 3.8) is 0 Å². The Labute approximate surface area is 187 Å². The third-order valence-corrected chi connectivity index (χ3v) is 4.53. The summed E-state index contributed by atoms with van der Waals surface area (Å²) in [5, 5.41) is 8.24. The highest BCUT2D eigenvalue weighted by Crippen LogP contribution is 2.38. The van der Waals surface area contributed by atoms with E-state index in [1.807, 2.05) is 6.92 Å². The molecule has 0 saturated carbocycles. The number of amides is 3. The van der Waals surface area contributed by atoms with Crippen LogP contribution >= 0.6 is 0 Å². The maximum Gasteiger partial charge on any atom is 0.251 e. The van der Waals surface area contributed by atoms with Gasteiger partial charge in [-0.05, 0) is 42.8 Å². The third-order valence-electron chi connectivity index (χ3n) is 4.53. The van der Waals surface area contributed by atoms with Gasteiger partial charge in [-0.25, -0.2) is 0 Å². The highest BCUT2D eigenvalue weighted by molar-refractivity contribution is 5.96. The summed E-state index contributed by atoms with van der Waals surface area (Å²) in [4.78, 5) is 36.4. The van der Waals surface area contributed by atoms with Gasteiger partial charge in [-0.3, -0.25) is 14.4 Å². The molecule has 0 unspecified atom stereocenters. The standard InChI is InChI=1S/C23H29N3O6/c1-5-6-20(27)26-17-9-7-15(8-10-17)22(28)24-11-12-25-23(29)16-13-18(30-2)21(32-4)19(14-16)31-3/h7-10,13-14H,5-6,11-12H2,1-4H3,(H,24,28)(H,25,29)(H,26,27). The van der Waals surface area contributed by atoms with Crippen molar-refractivity contribution in [3.05, 3.63) is 47.5 Å². The Bertz CT molecular complexity index is 918. The fourth-order valence-electron chi connectivity index (χ4n) is 2.92. The molecule has 9 heteroatoms. The van der Waals surface area contributed by atoms with E-state index in [-0.39, 0.29) is 30.8 Å². The number of hydrogen-bond acceptors (Lipinski definition) is 6. The number of carbonyl (C=O) groups is 3. The van der Waals surface area contributed by atoms with Gasteiger partial charge in [0.05, 0.1) is 21.3 Å². The largest absolute Gasteiger partial charge is 0.493 e. The van der Waals surface area contributed by atoms with Gasteiger partial charge in [-0.2, -0.15) is 0 Å². The molecule has 3 N–H and O–H groups in total. The molecule has 9 nitrogen and oxygen atoms in total. The number of hydrogen-bond donors (Lipinski definition) is 3. The van der Waals surface area contributed by atoms with Gasteiger partial charge in [-0.15, -0.1) is 0 Å². The number of methoxy groups -OCH3 is 3. The summed E-state index contributed by atoms with van der Waals surface area (Å²) in [7, 11) is 4.43. The van der Waals surface area contributed by atoms with Gasteiger partial charge in [0, 0.05) is 36.3 Å². The number of anilines is 1. The second kappa shape index (κ2) is 12.2. The van der Waals surface area contributed by atoms with Crippen molar-refractivity contribution in [2.45, 2.75) is 19.8 Å². The van der Waals surface area contributed by atoms with Crippen molar-refractivity contribution in [2.75, 3.05) is 39.7 Å². The fourth-order valence-corrected chi connectivity index (χ4v) is 2.92. The Balaban J connectivity index is 1.86. The maximum absolute atomic E-state index is 12.5. The van der Waals surface area contributed by atoms with Gasteiger partial charge in [0.2, 0.25) is 11.7 Å². The van der Waals surface area contributed by atoms with Crippen molar-refractivity contribution in [1.82, 2.24) is 10.6 Å². The Morgan fingerprint density at radius 1 is 0.781 bits per heavy atom. The average Bonchev–Trinajstić information content (AvgIpc) is 2.81. The van der Waals surface area contributed by atoms with Crippen LogP contribution in [0.15, 0.2) is 36.4 Å². The topological polar surface area (TPSA) is 115 Å². The summed E-state index contributed by atoms with van der Waals surface area (Å²) in [6.07, 6.45) is 1.21. The summed E-state index contributed by atoms with van der Waals surface area (Å²) < 4.78 is 15.8. The number of carbonyl (C=O) groups excluding carboxylic acids is 3. The van der Waals surface area contributed by atoms with Crippen LogP contribution < -0.4 is 30.2 Å². The average molecular weight is 444 g/mol. The van der Waals surface area contributed by atoms with Gasteiger partial charge in [0.15, 0.2) is 11.5 Å². The molecule has 0 aliphatic carbocycles. The molecule has 2 rings (SSSR count). The summed E-state index contributed by atoms with van der Waals surface area (Å²) in [5.41, 5.74) is 1.43. The van der Waals surface area contributed by atoms with Crippen LogP contribution in [0.3, 0.4) is 0 Å². The zero-order chi connectivity index (χ0) is 23.5. The minimum Gasteiger partial charge on any atom is -0.493 e. The zero-order valence-corrected chi connectivity index (χ0v) is 18.7. The lowest BCUT2D eigenvalue weighted by molar-refractivity contribution is -0.116. The minimum absolute atomic E-state index is 0.0625. The van der Waals surface area contributed by atoms with Crippen LogP contribution in [-0.4, -0.2) is 52.1 Å². The van der Waals surface area contributed by atoms with Gasteiger partial charge in [0.25, 0.3) is 11.8 Å². The molecule has 0 atom stereocenters. The number of nitrogens with one attached hydrogen (secondary N) is 3. The van der Waals surface area contributed by atoms with E-state index in [1.54, 1.807) is 36.4 Å². The molecular formula is C23H29N3O6. The van der Waals surface area contributed by atoms with Gasteiger partial charge in [0.1, 0.15) is 0 Å². The van der Waals surface area contributed by atoms with Crippen LogP contribution in [0.2, 0.25) is 0 Å². The molecule has 0 fully saturated rings. The zero-order valence-electron chi connectivity index (χ0n) is 18.7. The van der Waals surface area contributed by atoms with E-state index in [0.29, 0.717) is 40.5 Å². The Morgan fingerprint density at radius 3 is 1.78 bits per heavy atom. The van der Waals surface area contributed by atoms with E-state index >= 15 is 0 Å². The molecule has 0 aliphatic heterocycles. The second-order valence-corrected chi connectivity index (χ2v) is 6.80. The molecule has 172 valence electrons. The van der Waals surface area contributed by atoms with Crippen LogP contribution in [0.5, 0.6) is 17.2 Å². The van der Waals surface area contributed by atoms with Crippen LogP contribution in [0.25, 0.3) is 0 Å². The molecule has 0 radical (unpaired) electrons. The third kappa shape index (κ3) is 6.63. The number of ether oxygens (including phenoxy) is 3. The Kier molecular flexibility index (Phi) is 9.34. The first kappa shape index (κ1) is 24.5. The van der Waals surface area contributed by atoms with E-state index in [1.165, 1.54) is 21.3 Å². The normalized spacial score (nSPS) is 10.1. The maximum atomic E-state index is 12.5. The molecule has 32 heavy (non-hydrogen) atoms. The monoisotopic (exact) mass is 443 g/mol. The first-order chi connectivity index (χ1) is 15.4. The molecule has 0 bridgehead atoms. The molecular weight excluding hydrogens is 414 g/mol. The van der Waals surface area contributed by atoms with Crippen molar-refractivity contribution in [2.24, 2.45) is 0 Å². The van der Waals surface area contributed by atoms with Crippen LogP contribution in [0.4, 0.5) is 5.69 Å². The van der Waals surface area contributed by atoms with Gasteiger partial charge < -0.3 is 30.2 Å². The Hall–Kier alpha value is -3.75. The van der Waals surface area contributed by atoms with E-state index < -0.39 is 0 Å². The summed E-state index contributed by atoms with van der Waals surface area (Å²) in [6.45, 7) is 2.40. The lowest BCUT2D eigenvalue weighted by Gasteiger charge is -2.14. The first-order valence-corrected chi connectivity index (χ1v) is 10.2. The summed E-state index contributed by atoms with van der Waals surface area (Å²) >= 11 is 0. The summed E-state index contributed by atoms with van der Waals surface area (Å²) in [5.74, 6) is 0.464. The highest BCUT2D eigenvalue weighted by Gasteiger charge is 2.17. The van der Waals surface area contributed by atoms with Crippen LogP contribution in [0.1, 0.15) is 40.5 Å². The molecule has 0 aromatic heterocycles. The van der Waals surface area contributed by atoms with Gasteiger partial charge in [-0.1, -0.05) is 6.92 Å². The molecule has 2 aromatic rings. The molecule has 0 heterocycles. The SMILES string of the molecule is CCCC(=O)Nc1ccc(C(=O)NCCNC(=O)c2cc(OC)c(OC)c(OC)c2)cc1. The van der Waals surface area contributed by atoms with Crippen LogP contribution in [-0.2, 0) is 4.79 Å². The fraction of sp³-hybridized carbons (Fsp3) is 0.348.